The van der Waals surface area contributed by atoms with Gasteiger partial charge in [-0.15, -0.1) is 24.5 Å². The number of nitrogens with zero attached hydrogens (tertiary/aromatic N) is 3. The lowest BCUT2D eigenvalue weighted by Gasteiger charge is -2.17. The van der Waals surface area contributed by atoms with Crippen molar-refractivity contribution < 1.29 is 56.0 Å². The van der Waals surface area contributed by atoms with Gasteiger partial charge in [0.1, 0.15) is 15.5 Å². The molecular formula is C29H23F3N4O8S. The molecule has 0 aliphatic carbocycles. The van der Waals surface area contributed by atoms with Gasteiger partial charge in [-0.25, -0.2) is 4.98 Å². The van der Waals surface area contributed by atoms with Crippen LogP contribution in [0.1, 0.15) is 38.3 Å². The van der Waals surface area contributed by atoms with Crippen LogP contribution in [0.4, 0.5) is 18.9 Å². The summed E-state index contributed by atoms with van der Waals surface area (Å²) in [7, 11) is 4.31. The number of nitrogens with two attached hydrogens (primary N) is 1. The zero-order valence-electron chi connectivity index (χ0n) is 24.2. The highest BCUT2D eigenvalue weighted by Crippen LogP contribution is 2.47. The SMILES string of the molecule is COc1cc(-c2c(C(C)=O)c(C)nc3sc(C(=O)c4c([O-])on[n+]4-c4ccc(OC(F)(F)F)cc4)c(N)c23)cc(OC)c1OC. The Bertz CT molecular complexity index is 1940. The van der Waals surface area contributed by atoms with Crippen molar-refractivity contribution in [3.63, 3.8) is 0 Å². The molecule has 2 N–H and O–H groups in total. The smallest absolute Gasteiger partial charge is 0.539 e. The molecule has 0 atom stereocenters. The number of hydrogen-bond acceptors (Lipinski definition) is 12. The van der Waals surface area contributed by atoms with Crippen LogP contribution in [0, 0.1) is 6.92 Å². The van der Waals surface area contributed by atoms with Gasteiger partial charge < -0.3 is 34.3 Å². The molecule has 5 aromatic rings. The topological polar surface area (TPSA) is 163 Å². The molecule has 0 saturated heterocycles. The fourth-order valence-corrected chi connectivity index (χ4v) is 5.98. The van der Waals surface area contributed by atoms with Gasteiger partial charge in [0.15, 0.2) is 23.2 Å². The number of Topliss-reactive ketones (excluding diaryl/α,β-unsaturated/α-hetero) is 1. The molecule has 0 fully saturated rings. The largest absolute Gasteiger partial charge is 0.573 e. The Hall–Kier alpha value is -5.38. The molecule has 234 valence electrons. The van der Waals surface area contributed by atoms with E-state index in [1.807, 2.05) is 0 Å². The standard InChI is InChI=1S/C29H23F3N4O8S/c1-12-19(13(2)37)20(14-10-17(40-3)25(42-5)18(11-14)41-4)21-22(33)26(45-27(21)34-12)24(38)23-28(39)44-35-36(23)15-6-8-16(9-7-15)43-29(30,31)32/h6-11H,1-5H3,(H2-,33,35,38,39). The summed E-state index contributed by atoms with van der Waals surface area (Å²) >= 11 is 0.872. The number of carbonyl (C=O) groups excluding carboxylic acids is 2. The van der Waals surface area contributed by atoms with Crippen LogP contribution in [0.25, 0.3) is 27.0 Å². The number of rotatable bonds is 9. The number of methoxy groups -OCH3 is 3. The molecule has 3 aromatic heterocycles. The Morgan fingerprint density at radius 3 is 2.20 bits per heavy atom. The van der Waals surface area contributed by atoms with Crippen LogP contribution in [0.2, 0.25) is 0 Å². The number of thiophene rings is 1. The average molecular weight is 645 g/mol. The van der Waals surface area contributed by atoms with Crippen LogP contribution in [0.3, 0.4) is 0 Å². The third-order valence-electron chi connectivity index (χ3n) is 6.71. The Morgan fingerprint density at radius 2 is 1.67 bits per heavy atom. The van der Waals surface area contributed by atoms with E-state index < -0.39 is 29.5 Å². The van der Waals surface area contributed by atoms with Crippen LogP contribution in [0.15, 0.2) is 40.9 Å². The van der Waals surface area contributed by atoms with Crippen LogP contribution >= 0.6 is 11.3 Å². The highest BCUT2D eigenvalue weighted by atomic mass is 32.1. The maximum Gasteiger partial charge on any atom is 0.573 e. The molecule has 45 heavy (non-hydrogen) atoms. The number of alkyl halides is 3. The number of pyridine rings is 1. The second-order valence-corrected chi connectivity index (χ2v) is 10.4. The molecule has 16 heteroatoms. The van der Waals surface area contributed by atoms with Crippen LogP contribution in [-0.2, 0) is 0 Å². The summed E-state index contributed by atoms with van der Waals surface area (Å²) in [5, 5.41) is 16.6. The van der Waals surface area contributed by atoms with E-state index in [0.717, 1.165) is 40.3 Å². The summed E-state index contributed by atoms with van der Waals surface area (Å²) < 4.78 is 63.7. The third-order valence-corrected chi connectivity index (χ3v) is 7.81. The Kier molecular flexibility index (Phi) is 8.01. The maximum absolute atomic E-state index is 13.9. The van der Waals surface area contributed by atoms with E-state index in [1.54, 1.807) is 19.1 Å². The van der Waals surface area contributed by atoms with E-state index in [0.29, 0.717) is 34.1 Å². The van der Waals surface area contributed by atoms with Gasteiger partial charge in [-0.1, -0.05) is 0 Å². The average Bonchev–Trinajstić information content (AvgIpc) is 3.53. The lowest BCUT2D eigenvalue weighted by molar-refractivity contribution is -0.672. The molecule has 5 rings (SSSR count). The summed E-state index contributed by atoms with van der Waals surface area (Å²) in [6.45, 7) is 2.99. The predicted octanol–water partition coefficient (Wildman–Crippen LogP) is 4.55. The van der Waals surface area contributed by atoms with Gasteiger partial charge in [-0.05, 0) is 48.4 Å². The van der Waals surface area contributed by atoms with Gasteiger partial charge in [0, 0.05) is 28.6 Å². The lowest BCUT2D eigenvalue weighted by Crippen LogP contribution is -2.39. The number of fused-ring (bicyclic) bond motifs is 1. The molecule has 2 aromatic carbocycles. The van der Waals surface area contributed by atoms with E-state index in [-0.39, 0.29) is 37.8 Å². The summed E-state index contributed by atoms with van der Waals surface area (Å²) in [6.07, 6.45) is -4.92. The zero-order valence-corrected chi connectivity index (χ0v) is 25.0. The molecule has 12 nitrogen and oxygen atoms in total. The summed E-state index contributed by atoms with van der Waals surface area (Å²) in [5.41, 5.74) is 7.33. The van der Waals surface area contributed by atoms with Crippen LogP contribution < -0.4 is 34.5 Å². The quantitative estimate of drug-likeness (QED) is 0.177. The molecule has 0 radical (unpaired) electrons. The van der Waals surface area contributed by atoms with E-state index in [2.05, 4.69) is 15.0 Å². The van der Waals surface area contributed by atoms with Gasteiger partial charge in [-0.2, -0.15) is 0 Å². The van der Waals surface area contributed by atoms with Crippen molar-refractivity contribution in [1.29, 1.82) is 0 Å². The van der Waals surface area contributed by atoms with Gasteiger partial charge >= 0.3 is 12.1 Å². The molecular weight excluding hydrogens is 621 g/mol. The minimum atomic E-state index is -4.92. The van der Waals surface area contributed by atoms with E-state index in [9.17, 15) is 27.9 Å². The van der Waals surface area contributed by atoms with Gasteiger partial charge in [-0.3, -0.25) is 9.59 Å². The first-order valence-corrected chi connectivity index (χ1v) is 13.6. The van der Waals surface area contributed by atoms with Crippen LogP contribution in [-0.4, -0.2) is 49.5 Å². The number of anilines is 1. The van der Waals surface area contributed by atoms with Crippen molar-refractivity contribution in [3.05, 3.63) is 58.2 Å². The maximum atomic E-state index is 13.9. The second kappa shape index (κ2) is 11.6. The summed E-state index contributed by atoms with van der Waals surface area (Å²) in [5.74, 6) is -1.98. The number of carbonyl (C=O) groups is 2. The molecule has 0 spiro atoms. The van der Waals surface area contributed by atoms with Crippen molar-refractivity contribution >= 4 is 38.8 Å². The first-order valence-electron chi connectivity index (χ1n) is 12.8. The van der Waals surface area contributed by atoms with Crippen molar-refractivity contribution in [2.45, 2.75) is 20.2 Å². The zero-order chi connectivity index (χ0) is 32.8. The Morgan fingerprint density at radius 1 is 1.04 bits per heavy atom. The van der Waals surface area contributed by atoms with Gasteiger partial charge in [0.25, 0.3) is 5.78 Å². The first-order chi connectivity index (χ1) is 21.3. The van der Waals surface area contributed by atoms with Gasteiger partial charge in [0.05, 0.1) is 38.0 Å². The monoisotopic (exact) mass is 644 g/mol. The minimum absolute atomic E-state index is 0.0318. The number of aryl methyl sites for hydroxylation is 1. The van der Waals surface area contributed by atoms with E-state index in [4.69, 9.17) is 24.5 Å². The highest BCUT2D eigenvalue weighted by Gasteiger charge is 2.35. The van der Waals surface area contributed by atoms with Gasteiger partial charge in [0.2, 0.25) is 11.4 Å². The third kappa shape index (κ3) is 5.55. The Labute approximate surface area is 256 Å². The molecule has 0 amide bonds. The molecule has 0 unspecified atom stereocenters. The minimum Gasteiger partial charge on any atom is -0.539 e. The number of ketones is 2. The highest BCUT2D eigenvalue weighted by molar-refractivity contribution is 7.21. The fourth-order valence-electron chi connectivity index (χ4n) is 4.89. The summed E-state index contributed by atoms with van der Waals surface area (Å²) in [4.78, 5) is 31.5. The molecule has 0 saturated carbocycles. The lowest BCUT2D eigenvalue weighted by atomic mass is 9.92. The Balaban J connectivity index is 1.70. The molecule has 0 bridgehead atoms. The summed E-state index contributed by atoms with van der Waals surface area (Å²) in [6, 6.07) is 7.52. The van der Waals surface area contributed by atoms with Crippen molar-refractivity contribution in [2.75, 3.05) is 27.1 Å². The molecule has 0 aliphatic heterocycles. The van der Waals surface area contributed by atoms with Crippen molar-refractivity contribution in [2.24, 2.45) is 0 Å². The number of aromatic nitrogens is 3. The number of nitrogen functional groups attached to an aromatic ring is 1. The number of benzene rings is 2. The van der Waals surface area contributed by atoms with E-state index in [1.165, 1.54) is 28.3 Å². The number of hydrogen-bond donors (Lipinski definition) is 1. The van der Waals surface area contributed by atoms with Crippen molar-refractivity contribution in [3.8, 4) is 45.8 Å². The second-order valence-electron chi connectivity index (χ2n) is 9.43. The predicted molar refractivity (Wildman–Crippen MR) is 151 cm³/mol. The van der Waals surface area contributed by atoms with Crippen molar-refractivity contribution in [1.82, 2.24) is 10.3 Å². The first kappa shape index (κ1) is 31.1. The molecule has 0 aliphatic rings. The van der Waals surface area contributed by atoms with Crippen LogP contribution in [0.5, 0.6) is 28.9 Å². The number of ether oxygens (including phenoxy) is 4. The molecule has 3 heterocycles. The normalized spacial score (nSPS) is 11.5. The number of halogens is 3. The fraction of sp³-hybridized carbons (Fsp3) is 0.207. The van der Waals surface area contributed by atoms with E-state index >= 15 is 0 Å².